The minimum atomic E-state index is -3.42. The number of carbonyl (C=O) groups is 1. The van der Waals surface area contributed by atoms with Gasteiger partial charge in [-0.2, -0.15) is 4.31 Å². The standard InChI is InChI=1S/C30H37N3O6S2/c1-21-4-7-24(8-5-21)39-29(34)32-15-12-25(13-16-32)38-28-31-26-9-6-23(20-27(26)40-28)22-10-17-33(18-11-22)41(36,37)19-14-30(2,3)35/h4-10,20,25,35H,11-19H2,1-3H3. The number of aliphatic hydroxyl groups is 1. The van der Waals surface area contributed by atoms with Gasteiger partial charge in [0.25, 0.3) is 5.19 Å². The highest BCUT2D eigenvalue weighted by Gasteiger charge is 2.28. The van der Waals surface area contributed by atoms with Crippen molar-refractivity contribution in [2.75, 3.05) is 31.9 Å². The lowest BCUT2D eigenvalue weighted by Crippen LogP contribution is -2.43. The van der Waals surface area contributed by atoms with Gasteiger partial charge in [-0.3, -0.25) is 0 Å². The molecular weight excluding hydrogens is 562 g/mol. The molecule has 0 spiro atoms. The van der Waals surface area contributed by atoms with E-state index in [1.165, 1.54) is 15.6 Å². The fourth-order valence-electron chi connectivity index (χ4n) is 4.90. The summed E-state index contributed by atoms with van der Waals surface area (Å²) < 4.78 is 39.6. The number of aromatic nitrogens is 1. The Morgan fingerprint density at radius 1 is 1.12 bits per heavy atom. The number of nitrogens with zero attached hydrogens (tertiary/aromatic N) is 3. The van der Waals surface area contributed by atoms with Gasteiger partial charge in [0.05, 0.1) is 21.6 Å². The summed E-state index contributed by atoms with van der Waals surface area (Å²) >= 11 is 1.50. The van der Waals surface area contributed by atoms with E-state index in [0.717, 1.165) is 26.9 Å². The Morgan fingerprint density at radius 2 is 1.85 bits per heavy atom. The molecule has 2 aliphatic heterocycles. The molecule has 0 saturated carbocycles. The number of likely N-dealkylation sites (tertiary alicyclic amines) is 1. The van der Waals surface area contributed by atoms with E-state index >= 15 is 0 Å². The first-order valence-corrected chi connectivity index (χ1v) is 16.4. The summed E-state index contributed by atoms with van der Waals surface area (Å²) in [6.07, 6.45) is 3.84. The van der Waals surface area contributed by atoms with Crippen LogP contribution >= 0.6 is 11.3 Å². The lowest BCUT2D eigenvalue weighted by molar-refractivity contribution is 0.0769. The van der Waals surface area contributed by atoms with Crippen LogP contribution in [0.5, 0.6) is 10.9 Å². The first-order valence-electron chi connectivity index (χ1n) is 14.0. The molecule has 3 heterocycles. The summed E-state index contributed by atoms with van der Waals surface area (Å²) in [7, 11) is -3.42. The zero-order chi connectivity index (χ0) is 29.2. The number of thiazole rings is 1. The number of hydrogen-bond donors (Lipinski definition) is 1. The number of fused-ring (bicyclic) bond motifs is 1. The molecule has 3 aromatic rings. The van der Waals surface area contributed by atoms with E-state index < -0.39 is 15.6 Å². The fourth-order valence-corrected chi connectivity index (χ4v) is 7.50. The average molecular weight is 600 g/mol. The van der Waals surface area contributed by atoms with Crippen LogP contribution < -0.4 is 9.47 Å². The molecule has 5 rings (SSSR count). The molecule has 220 valence electrons. The zero-order valence-corrected chi connectivity index (χ0v) is 25.3. The van der Waals surface area contributed by atoms with Gasteiger partial charge in [-0.15, -0.1) is 0 Å². The maximum atomic E-state index is 12.7. The van der Waals surface area contributed by atoms with Crippen molar-refractivity contribution in [1.29, 1.82) is 0 Å². The third-order valence-corrected chi connectivity index (χ3v) is 10.2. The maximum absolute atomic E-state index is 12.7. The van der Waals surface area contributed by atoms with E-state index in [4.69, 9.17) is 9.47 Å². The van der Waals surface area contributed by atoms with Crippen LogP contribution in [0.15, 0.2) is 48.5 Å². The molecule has 1 saturated heterocycles. The number of sulfonamides is 1. The van der Waals surface area contributed by atoms with E-state index in [0.29, 0.717) is 56.4 Å². The highest BCUT2D eigenvalue weighted by Crippen LogP contribution is 2.33. The lowest BCUT2D eigenvalue weighted by Gasteiger charge is -2.30. The molecule has 1 fully saturated rings. The molecule has 11 heteroatoms. The smallest absolute Gasteiger partial charge is 0.415 e. The maximum Gasteiger partial charge on any atom is 0.415 e. The van der Waals surface area contributed by atoms with Gasteiger partial charge in [0.1, 0.15) is 11.9 Å². The molecule has 1 aromatic heterocycles. The van der Waals surface area contributed by atoms with Crippen LogP contribution in [0.3, 0.4) is 0 Å². The van der Waals surface area contributed by atoms with Gasteiger partial charge >= 0.3 is 6.09 Å². The number of aryl methyl sites for hydroxylation is 1. The second kappa shape index (κ2) is 12.1. The Bertz CT molecular complexity index is 1520. The lowest BCUT2D eigenvalue weighted by atomic mass is 10.0. The normalized spacial score (nSPS) is 17.5. The molecule has 1 N–H and O–H groups in total. The van der Waals surface area contributed by atoms with Crippen LogP contribution in [0, 0.1) is 6.92 Å². The number of amides is 1. The van der Waals surface area contributed by atoms with Crippen molar-refractivity contribution in [2.45, 2.75) is 58.2 Å². The second-order valence-electron chi connectivity index (χ2n) is 11.4. The van der Waals surface area contributed by atoms with Gasteiger partial charge in [0.2, 0.25) is 10.0 Å². The third-order valence-electron chi connectivity index (χ3n) is 7.47. The number of hydrogen-bond acceptors (Lipinski definition) is 8. The predicted molar refractivity (Wildman–Crippen MR) is 161 cm³/mol. The molecule has 41 heavy (non-hydrogen) atoms. The predicted octanol–water partition coefficient (Wildman–Crippen LogP) is 5.23. The van der Waals surface area contributed by atoms with Crippen LogP contribution in [-0.2, 0) is 10.0 Å². The summed E-state index contributed by atoms with van der Waals surface area (Å²) in [5, 5.41) is 10.5. The quantitative estimate of drug-likeness (QED) is 0.378. The summed E-state index contributed by atoms with van der Waals surface area (Å²) in [6, 6.07) is 13.5. The Labute approximate surface area is 245 Å². The Balaban J connectivity index is 1.15. The van der Waals surface area contributed by atoms with Crippen LogP contribution in [0.1, 0.15) is 50.7 Å². The minimum absolute atomic E-state index is 0.0242. The number of rotatable bonds is 8. The van der Waals surface area contributed by atoms with Crippen molar-refractivity contribution >= 4 is 43.2 Å². The molecule has 9 nitrogen and oxygen atoms in total. The van der Waals surface area contributed by atoms with E-state index in [9.17, 15) is 18.3 Å². The molecule has 0 bridgehead atoms. The van der Waals surface area contributed by atoms with Gasteiger partial charge in [-0.25, -0.2) is 18.2 Å². The third kappa shape index (κ3) is 7.65. The molecule has 2 aromatic carbocycles. The second-order valence-corrected chi connectivity index (χ2v) is 14.4. The highest BCUT2D eigenvalue weighted by molar-refractivity contribution is 7.89. The van der Waals surface area contributed by atoms with Crippen molar-refractivity contribution < 1.29 is 27.8 Å². The SMILES string of the molecule is Cc1ccc(OC(=O)N2CCC(Oc3nc4ccc(C5=CCN(S(=O)(=O)CCC(C)(C)O)CC5)cc4s3)CC2)cc1. The number of carbonyl (C=O) groups excluding carboxylic acids is 1. The molecule has 0 atom stereocenters. The topological polar surface area (TPSA) is 109 Å². The summed E-state index contributed by atoms with van der Waals surface area (Å²) in [4.78, 5) is 18.9. The van der Waals surface area contributed by atoms with Crippen molar-refractivity contribution in [1.82, 2.24) is 14.2 Å². The summed E-state index contributed by atoms with van der Waals surface area (Å²) in [6.45, 7) is 7.10. The molecule has 0 radical (unpaired) electrons. The van der Waals surface area contributed by atoms with Crippen molar-refractivity contribution in [3.05, 3.63) is 59.7 Å². The van der Waals surface area contributed by atoms with Crippen LogP contribution in [0.4, 0.5) is 4.79 Å². The monoisotopic (exact) mass is 599 g/mol. The van der Waals surface area contributed by atoms with Crippen molar-refractivity contribution in [3.8, 4) is 10.9 Å². The van der Waals surface area contributed by atoms with Crippen molar-refractivity contribution in [3.63, 3.8) is 0 Å². The molecule has 0 unspecified atom stereocenters. The van der Waals surface area contributed by atoms with E-state index in [2.05, 4.69) is 11.1 Å². The summed E-state index contributed by atoms with van der Waals surface area (Å²) in [5.41, 5.74) is 3.13. The number of ether oxygens (including phenoxy) is 2. The number of benzene rings is 2. The Hall–Kier alpha value is -2.99. The van der Waals surface area contributed by atoms with E-state index in [1.807, 2.05) is 37.3 Å². The van der Waals surface area contributed by atoms with Gasteiger partial charge in [0, 0.05) is 39.0 Å². The van der Waals surface area contributed by atoms with Crippen molar-refractivity contribution in [2.24, 2.45) is 0 Å². The first kappa shape index (κ1) is 29.5. The average Bonchev–Trinajstić information content (AvgIpc) is 3.35. The zero-order valence-electron chi connectivity index (χ0n) is 23.7. The molecular formula is C30H37N3O6S2. The van der Waals surface area contributed by atoms with E-state index in [1.54, 1.807) is 30.9 Å². The van der Waals surface area contributed by atoms with Gasteiger partial charge < -0.3 is 19.5 Å². The Kier molecular flexibility index (Phi) is 8.70. The molecule has 2 aliphatic rings. The molecule has 1 amide bonds. The first-order chi connectivity index (χ1) is 19.4. The van der Waals surface area contributed by atoms with E-state index in [-0.39, 0.29) is 24.4 Å². The largest absolute Gasteiger partial charge is 0.467 e. The Morgan fingerprint density at radius 3 is 2.51 bits per heavy atom. The van der Waals surface area contributed by atoms with Crippen LogP contribution in [0.2, 0.25) is 0 Å². The van der Waals surface area contributed by atoms with Crippen LogP contribution in [-0.4, -0.2) is 77.4 Å². The number of piperidine rings is 1. The van der Waals surface area contributed by atoms with Crippen LogP contribution in [0.25, 0.3) is 15.8 Å². The summed E-state index contributed by atoms with van der Waals surface area (Å²) in [5.74, 6) is 0.479. The van der Waals surface area contributed by atoms with Gasteiger partial charge in [-0.1, -0.05) is 41.2 Å². The fraction of sp³-hybridized carbons (Fsp3) is 0.467. The van der Waals surface area contributed by atoms with Gasteiger partial charge in [-0.05, 0) is 69.0 Å². The van der Waals surface area contributed by atoms with Gasteiger partial charge in [0.15, 0.2) is 0 Å². The minimum Gasteiger partial charge on any atom is -0.467 e. The highest BCUT2D eigenvalue weighted by atomic mass is 32.2. The molecule has 0 aliphatic carbocycles.